The summed E-state index contributed by atoms with van der Waals surface area (Å²) >= 11 is 6.38. The Kier molecular flexibility index (Phi) is 6.11. The molecule has 0 atom stereocenters. The molecule has 2 aliphatic rings. The first-order valence-corrected chi connectivity index (χ1v) is 11.4. The molecular formula is C26H22ClFN2O4. The van der Waals surface area contributed by atoms with Crippen LogP contribution in [0.25, 0.3) is 11.1 Å². The third kappa shape index (κ3) is 4.56. The Hall–Kier alpha value is -3.58. The molecule has 2 heterocycles. The van der Waals surface area contributed by atoms with E-state index in [1.165, 1.54) is 12.1 Å². The molecular weight excluding hydrogens is 459 g/mol. The van der Waals surface area contributed by atoms with Gasteiger partial charge >= 0.3 is 0 Å². The van der Waals surface area contributed by atoms with Gasteiger partial charge in [0.2, 0.25) is 12.7 Å². The summed E-state index contributed by atoms with van der Waals surface area (Å²) in [4.78, 5) is 29.3. The van der Waals surface area contributed by atoms with Gasteiger partial charge in [0.05, 0.1) is 0 Å². The monoisotopic (exact) mass is 480 g/mol. The zero-order valence-electron chi connectivity index (χ0n) is 18.3. The number of rotatable bonds is 4. The van der Waals surface area contributed by atoms with Gasteiger partial charge in [-0.1, -0.05) is 35.9 Å². The topological polar surface area (TPSA) is 59.1 Å². The van der Waals surface area contributed by atoms with Crippen molar-refractivity contribution in [3.63, 3.8) is 0 Å². The minimum atomic E-state index is -0.291. The summed E-state index contributed by atoms with van der Waals surface area (Å²) in [6.45, 7) is 1.67. The summed E-state index contributed by atoms with van der Waals surface area (Å²) in [6, 6.07) is 16.9. The number of benzene rings is 3. The van der Waals surface area contributed by atoms with Gasteiger partial charge in [-0.15, -0.1) is 0 Å². The first-order valence-electron chi connectivity index (χ1n) is 11.0. The Morgan fingerprint density at radius 3 is 2.26 bits per heavy atom. The summed E-state index contributed by atoms with van der Waals surface area (Å²) in [6.07, 6.45) is 0.238. The van der Waals surface area contributed by atoms with Crippen LogP contribution in [0.3, 0.4) is 0 Å². The SMILES string of the molecule is O=C1CCN(C(=O)c2ccc(-c3ccc(F)cc3)cc2)CCN1Cc1cc2c(cc1Cl)OCO2. The second-order valence-electron chi connectivity index (χ2n) is 8.24. The molecule has 0 aliphatic carbocycles. The van der Waals surface area contributed by atoms with Crippen molar-refractivity contribution in [2.75, 3.05) is 26.4 Å². The van der Waals surface area contributed by atoms with E-state index < -0.39 is 0 Å². The average molecular weight is 481 g/mol. The van der Waals surface area contributed by atoms with Gasteiger partial charge in [-0.25, -0.2) is 4.39 Å². The summed E-state index contributed by atoms with van der Waals surface area (Å²) < 4.78 is 23.9. The van der Waals surface area contributed by atoms with E-state index in [4.69, 9.17) is 21.1 Å². The summed E-state index contributed by atoms with van der Waals surface area (Å²) in [5, 5.41) is 0.510. The maximum atomic E-state index is 13.2. The number of nitrogens with zero attached hydrogens (tertiary/aromatic N) is 2. The van der Waals surface area contributed by atoms with E-state index in [0.717, 1.165) is 16.7 Å². The fourth-order valence-electron chi connectivity index (χ4n) is 4.15. The van der Waals surface area contributed by atoms with Crippen LogP contribution in [0.1, 0.15) is 22.3 Å². The summed E-state index contributed by atoms with van der Waals surface area (Å²) in [5.74, 6) is 0.763. The van der Waals surface area contributed by atoms with E-state index in [1.807, 2.05) is 12.1 Å². The molecule has 34 heavy (non-hydrogen) atoms. The second kappa shape index (κ2) is 9.35. The van der Waals surface area contributed by atoms with Crippen molar-refractivity contribution in [2.24, 2.45) is 0 Å². The Labute approximate surface area is 201 Å². The van der Waals surface area contributed by atoms with Crippen LogP contribution < -0.4 is 9.47 Å². The van der Waals surface area contributed by atoms with E-state index >= 15 is 0 Å². The fraction of sp³-hybridized carbons (Fsp3) is 0.231. The molecule has 8 heteroatoms. The fourth-order valence-corrected chi connectivity index (χ4v) is 4.37. The van der Waals surface area contributed by atoms with E-state index in [2.05, 4.69) is 0 Å². The first kappa shape index (κ1) is 22.2. The molecule has 2 amide bonds. The molecule has 0 saturated carbocycles. The van der Waals surface area contributed by atoms with Gasteiger partial charge in [0.15, 0.2) is 11.5 Å². The van der Waals surface area contributed by atoms with Crippen LogP contribution in [0.4, 0.5) is 4.39 Å². The molecule has 0 spiro atoms. The molecule has 0 aromatic heterocycles. The largest absolute Gasteiger partial charge is 0.454 e. The van der Waals surface area contributed by atoms with Crippen LogP contribution in [0, 0.1) is 5.82 Å². The average Bonchev–Trinajstić information content (AvgIpc) is 3.22. The van der Waals surface area contributed by atoms with Crippen molar-refractivity contribution >= 4 is 23.4 Å². The number of halogens is 2. The third-order valence-corrected chi connectivity index (χ3v) is 6.44. The van der Waals surface area contributed by atoms with Gasteiger partial charge in [0.25, 0.3) is 5.91 Å². The molecule has 3 aromatic rings. The van der Waals surface area contributed by atoms with Gasteiger partial charge < -0.3 is 19.3 Å². The molecule has 0 radical (unpaired) electrons. The van der Waals surface area contributed by atoms with E-state index in [0.29, 0.717) is 48.3 Å². The maximum absolute atomic E-state index is 13.2. The molecule has 0 bridgehead atoms. The zero-order chi connectivity index (χ0) is 23.7. The van der Waals surface area contributed by atoms with Gasteiger partial charge in [0, 0.05) is 49.3 Å². The molecule has 3 aromatic carbocycles. The molecule has 6 nitrogen and oxygen atoms in total. The number of hydrogen-bond acceptors (Lipinski definition) is 4. The number of fused-ring (bicyclic) bond motifs is 1. The van der Waals surface area contributed by atoms with Crippen LogP contribution in [-0.2, 0) is 11.3 Å². The van der Waals surface area contributed by atoms with Crippen LogP contribution in [0.15, 0.2) is 60.7 Å². The minimum Gasteiger partial charge on any atom is -0.454 e. The lowest BCUT2D eigenvalue weighted by Gasteiger charge is -2.23. The predicted molar refractivity (Wildman–Crippen MR) is 125 cm³/mol. The summed E-state index contributed by atoms with van der Waals surface area (Å²) in [7, 11) is 0. The Balaban J connectivity index is 1.25. The van der Waals surface area contributed by atoms with Crippen LogP contribution in [0.2, 0.25) is 5.02 Å². The molecule has 2 aliphatic heterocycles. The predicted octanol–water partition coefficient (Wildman–Crippen LogP) is 4.75. The number of carbonyl (C=O) groups is 2. The smallest absolute Gasteiger partial charge is 0.253 e. The highest BCUT2D eigenvalue weighted by Gasteiger charge is 2.26. The molecule has 0 unspecified atom stereocenters. The van der Waals surface area contributed by atoms with Crippen molar-refractivity contribution < 1.29 is 23.5 Å². The number of ether oxygens (including phenoxy) is 2. The van der Waals surface area contributed by atoms with Gasteiger partial charge in [0.1, 0.15) is 5.82 Å². The van der Waals surface area contributed by atoms with Crippen molar-refractivity contribution in [3.8, 4) is 22.6 Å². The highest BCUT2D eigenvalue weighted by molar-refractivity contribution is 6.31. The maximum Gasteiger partial charge on any atom is 0.253 e. The lowest BCUT2D eigenvalue weighted by molar-refractivity contribution is -0.130. The third-order valence-electron chi connectivity index (χ3n) is 6.09. The molecule has 0 N–H and O–H groups in total. The first-order chi connectivity index (χ1) is 16.5. The molecule has 1 fully saturated rings. The number of hydrogen-bond donors (Lipinski definition) is 0. The molecule has 5 rings (SSSR count). The van der Waals surface area contributed by atoms with E-state index in [1.54, 1.807) is 46.2 Å². The van der Waals surface area contributed by atoms with E-state index in [-0.39, 0.29) is 30.8 Å². The minimum absolute atomic E-state index is 0.0318. The van der Waals surface area contributed by atoms with Gasteiger partial charge in [-0.2, -0.15) is 0 Å². The molecule has 1 saturated heterocycles. The van der Waals surface area contributed by atoms with Crippen molar-refractivity contribution in [1.82, 2.24) is 9.80 Å². The van der Waals surface area contributed by atoms with Crippen molar-refractivity contribution in [3.05, 3.63) is 82.6 Å². The number of carbonyl (C=O) groups excluding carboxylic acids is 2. The number of amides is 2. The van der Waals surface area contributed by atoms with Gasteiger partial charge in [-0.05, 0) is 47.0 Å². The second-order valence-corrected chi connectivity index (χ2v) is 8.65. The zero-order valence-corrected chi connectivity index (χ0v) is 19.1. The molecule has 174 valence electrons. The lowest BCUT2D eigenvalue weighted by Crippen LogP contribution is -2.35. The summed E-state index contributed by atoms with van der Waals surface area (Å²) in [5.41, 5.74) is 3.09. The highest BCUT2D eigenvalue weighted by Crippen LogP contribution is 2.37. The van der Waals surface area contributed by atoms with Crippen LogP contribution >= 0.6 is 11.6 Å². The van der Waals surface area contributed by atoms with Gasteiger partial charge in [-0.3, -0.25) is 9.59 Å². The normalized spacial score (nSPS) is 15.4. The Bertz CT molecular complexity index is 1230. The highest BCUT2D eigenvalue weighted by atomic mass is 35.5. The quantitative estimate of drug-likeness (QED) is 0.540. The van der Waals surface area contributed by atoms with E-state index in [9.17, 15) is 14.0 Å². The standard InChI is InChI=1S/C26H22ClFN2O4/c27-22-14-24-23(33-16-34-24)13-20(22)15-30-12-11-29(10-9-25(30)31)26(32)19-3-1-17(2-4-19)18-5-7-21(28)8-6-18/h1-8,13-14H,9-12,15-16H2. The van der Waals surface area contributed by atoms with Crippen LogP contribution in [0.5, 0.6) is 11.5 Å². The lowest BCUT2D eigenvalue weighted by atomic mass is 10.0. The van der Waals surface area contributed by atoms with Crippen LogP contribution in [-0.4, -0.2) is 48.0 Å². The Morgan fingerprint density at radius 2 is 1.56 bits per heavy atom. The Morgan fingerprint density at radius 1 is 0.912 bits per heavy atom. The van der Waals surface area contributed by atoms with Crippen molar-refractivity contribution in [2.45, 2.75) is 13.0 Å². The van der Waals surface area contributed by atoms with Crippen molar-refractivity contribution in [1.29, 1.82) is 0 Å².